The van der Waals surface area contributed by atoms with Crippen LogP contribution in [0, 0.1) is 0 Å². The fraction of sp³-hybridized carbons (Fsp3) is 0.261. The number of benzene rings is 2. The molecule has 0 unspecified atom stereocenters. The summed E-state index contributed by atoms with van der Waals surface area (Å²) in [6.07, 6.45) is 1.49. The number of aryl methyl sites for hydroxylation is 1. The zero-order valence-corrected chi connectivity index (χ0v) is 18.1. The number of carbonyl (C=O) groups excluding carboxylic acids is 2. The number of para-hydroxylation sites is 2. The fourth-order valence-corrected chi connectivity index (χ4v) is 3.05. The van der Waals surface area contributed by atoms with Gasteiger partial charge in [-0.2, -0.15) is 5.10 Å². The van der Waals surface area contributed by atoms with Crippen LogP contribution in [-0.4, -0.2) is 47.7 Å². The minimum Gasteiger partial charge on any atom is -0.493 e. The Morgan fingerprint density at radius 2 is 1.84 bits per heavy atom. The number of nitrogens with zero attached hydrogens (tertiary/aromatic N) is 3. The summed E-state index contributed by atoms with van der Waals surface area (Å²) >= 11 is 0. The van der Waals surface area contributed by atoms with E-state index in [4.69, 9.17) is 9.47 Å². The van der Waals surface area contributed by atoms with Crippen LogP contribution in [0.25, 0.3) is 0 Å². The molecule has 0 fully saturated rings. The number of hydrogen-bond acceptors (Lipinski definition) is 5. The first kappa shape index (κ1) is 21.9. The first-order chi connectivity index (χ1) is 14.9. The second-order valence-corrected chi connectivity index (χ2v) is 7.02. The molecule has 3 aromatic rings. The Labute approximate surface area is 181 Å². The molecule has 0 atom stereocenters. The van der Waals surface area contributed by atoms with E-state index in [1.54, 1.807) is 44.1 Å². The van der Waals surface area contributed by atoms with Gasteiger partial charge in [0.2, 0.25) is 0 Å². The van der Waals surface area contributed by atoms with E-state index in [9.17, 15) is 9.59 Å². The van der Waals surface area contributed by atoms with E-state index in [-0.39, 0.29) is 18.4 Å². The number of ether oxygens (including phenoxy) is 2. The lowest BCUT2D eigenvalue weighted by atomic mass is 10.1. The van der Waals surface area contributed by atoms with Crippen molar-refractivity contribution in [3.8, 4) is 11.5 Å². The molecule has 1 heterocycles. The van der Waals surface area contributed by atoms with Gasteiger partial charge < -0.3 is 19.7 Å². The first-order valence-corrected chi connectivity index (χ1v) is 9.88. The number of hydrogen-bond donors (Lipinski definition) is 1. The Hall–Kier alpha value is -3.81. The minimum atomic E-state index is -0.331. The lowest BCUT2D eigenvalue weighted by molar-refractivity contribution is 0.0816. The number of methoxy groups -OCH3 is 1. The second kappa shape index (κ2) is 9.80. The van der Waals surface area contributed by atoms with Crippen molar-refractivity contribution in [3.05, 3.63) is 71.5 Å². The van der Waals surface area contributed by atoms with Gasteiger partial charge in [-0.05, 0) is 36.8 Å². The highest BCUT2D eigenvalue weighted by atomic mass is 16.5. The predicted octanol–water partition coefficient (Wildman–Crippen LogP) is 3.44. The number of carbonyl (C=O) groups is 2. The monoisotopic (exact) mass is 422 g/mol. The summed E-state index contributed by atoms with van der Waals surface area (Å²) in [5.41, 5.74) is 2.00. The molecular weight excluding hydrogens is 396 g/mol. The molecule has 0 aliphatic heterocycles. The highest BCUT2D eigenvalue weighted by Gasteiger charge is 2.21. The summed E-state index contributed by atoms with van der Waals surface area (Å²) in [4.78, 5) is 26.8. The van der Waals surface area contributed by atoms with Crippen molar-refractivity contribution < 1.29 is 19.1 Å². The zero-order valence-electron chi connectivity index (χ0n) is 18.1. The number of amides is 2. The van der Waals surface area contributed by atoms with Gasteiger partial charge in [-0.25, -0.2) is 0 Å². The molecule has 1 aromatic heterocycles. The van der Waals surface area contributed by atoms with Crippen LogP contribution in [0.5, 0.6) is 11.5 Å². The van der Waals surface area contributed by atoms with Crippen molar-refractivity contribution in [1.82, 2.24) is 14.7 Å². The fourth-order valence-electron chi connectivity index (χ4n) is 3.05. The highest BCUT2D eigenvalue weighted by Crippen LogP contribution is 2.26. The van der Waals surface area contributed by atoms with Gasteiger partial charge in [0.15, 0.2) is 11.5 Å². The summed E-state index contributed by atoms with van der Waals surface area (Å²) in [7, 11) is 4.90. The van der Waals surface area contributed by atoms with Gasteiger partial charge in [0.25, 0.3) is 11.8 Å². The lowest BCUT2D eigenvalue weighted by Crippen LogP contribution is -2.26. The first-order valence-electron chi connectivity index (χ1n) is 9.88. The molecule has 162 valence electrons. The van der Waals surface area contributed by atoms with E-state index >= 15 is 0 Å². The van der Waals surface area contributed by atoms with Gasteiger partial charge in [0.05, 0.1) is 19.0 Å². The third kappa shape index (κ3) is 5.03. The van der Waals surface area contributed by atoms with Gasteiger partial charge in [-0.3, -0.25) is 14.3 Å². The summed E-state index contributed by atoms with van der Waals surface area (Å²) in [5, 5.41) is 7.01. The molecule has 3 rings (SSSR count). The van der Waals surface area contributed by atoms with Crippen LogP contribution >= 0.6 is 0 Å². The van der Waals surface area contributed by atoms with Gasteiger partial charge >= 0.3 is 0 Å². The summed E-state index contributed by atoms with van der Waals surface area (Å²) in [6.45, 7) is 2.68. The van der Waals surface area contributed by atoms with Gasteiger partial charge in [0.1, 0.15) is 12.3 Å². The van der Waals surface area contributed by atoms with Crippen LogP contribution in [0.3, 0.4) is 0 Å². The Balaban J connectivity index is 1.75. The van der Waals surface area contributed by atoms with Crippen LogP contribution < -0.4 is 14.8 Å². The molecule has 0 aliphatic rings. The van der Waals surface area contributed by atoms with E-state index in [0.29, 0.717) is 35.0 Å². The molecule has 2 aromatic carbocycles. The summed E-state index contributed by atoms with van der Waals surface area (Å²) in [6, 6.07) is 14.5. The quantitative estimate of drug-likeness (QED) is 0.601. The van der Waals surface area contributed by atoms with Crippen LogP contribution in [0.15, 0.2) is 54.7 Å². The molecule has 2 amide bonds. The Morgan fingerprint density at radius 1 is 1.10 bits per heavy atom. The molecular formula is C23H26N4O4. The van der Waals surface area contributed by atoms with Crippen molar-refractivity contribution in [2.24, 2.45) is 0 Å². The maximum absolute atomic E-state index is 12.8. The molecule has 0 saturated carbocycles. The van der Waals surface area contributed by atoms with Gasteiger partial charge in [0, 0.05) is 26.2 Å². The molecule has 0 saturated heterocycles. The van der Waals surface area contributed by atoms with Crippen molar-refractivity contribution in [2.75, 3.05) is 26.5 Å². The minimum absolute atomic E-state index is 0.228. The molecule has 0 aliphatic carbocycles. The average Bonchev–Trinajstić information content (AvgIpc) is 3.19. The van der Waals surface area contributed by atoms with Crippen molar-refractivity contribution >= 4 is 17.5 Å². The van der Waals surface area contributed by atoms with E-state index in [1.165, 1.54) is 11.1 Å². The molecule has 8 nitrogen and oxygen atoms in total. The molecule has 0 radical (unpaired) electrons. The molecule has 0 bridgehead atoms. The zero-order chi connectivity index (χ0) is 22.4. The SMILES string of the molecule is CCn1ncc(NC(=O)c2cccc(COc3ccccc3OC)c2)c1C(=O)N(C)C. The molecule has 31 heavy (non-hydrogen) atoms. The summed E-state index contributed by atoms with van der Waals surface area (Å²) < 4.78 is 12.7. The third-order valence-electron chi connectivity index (χ3n) is 4.65. The maximum Gasteiger partial charge on any atom is 0.273 e. The Morgan fingerprint density at radius 3 is 2.52 bits per heavy atom. The van der Waals surface area contributed by atoms with Crippen molar-refractivity contribution in [2.45, 2.75) is 20.1 Å². The average molecular weight is 422 g/mol. The van der Waals surface area contributed by atoms with Crippen LogP contribution in [0.2, 0.25) is 0 Å². The van der Waals surface area contributed by atoms with Crippen LogP contribution in [0.1, 0.15) is 33.3 Å². The molecule has 1 N–H and O–H groups in total. The number of rotatable bonds is 8. The Bertz CT molecular complexity index is 1070. The van der Waals surface area contributed by atoms with E-state index in [2.05, 4.69) is 10.4 Å². The third-order valence-corrected chi connectivity index (χ3v) is 4.65. The number of nitrogens with one attached hydrogen (secondary N) is 1. The van der Waals surface area contributed by atoms with Crippen LogP contribution in [-0.2, 0) is 13.2 Å². The van der Waals surface area contributed by atoms with E-state index < -0.39 is 0 Å². The van der Waals surface area contributed by atoms with Gasteiger partial charge in [-0.1, -0.05) is 24.3 Å². The maximum atomic E-state index is 12.8. The lowest BCUT2D eigenvalue weighted by Gasteiger charge is -2.14. The normalized spacial score (nSPS) is 10.5. The standard InChI is InChI=1S/C23H26N4O4/c1-5-27-21(23(29)26(2)3)18(14-24-27)25-22(28)17-10-8-9-16(13-17)15-31-20-12-7-6-11-19(20)30-4/h6-14H,5,15H2,1-4H3,(H,25,28). The number of anilines is 1. The Kier molecular flexibility index (Phi) is 6.92. The summed E-state index contributed by atoms with van der Waals surface area (Å²) in [5.74, 6) is 0.706. The smallest absolute Gasteiger partial charge is 0.273 e. The largest absolute Gasteiger partial charge is 0.493 e. The van der Waals surface area contributed by atoms with E-state index in [0.717, 1.165) is 5.56 Å². The highest BCUT2D eigenvalue weighted by molar-refractivity contribution is 6.08. The molecule has 0 spiro atoms. The second-order valence-electron chi connectivity index (χ2n) is 7.02. The van der Waals surface area contributed by atoms with Gasteiger partial charge in [-0.15, -0.1) is 0 Å². The van der Waals surface area contributed by atoms with Crippen molar-refractivity contribution in [3.63, 3.8) is 0 Å². The molecule has 8 heteroatoms. The topological polar surface area (TPSA) is 85.7 Å². The van der Waals surface area contributed by atoms with Crippen LogP contribution in [0.4, 0.5) is 5.69 Å². The predicted molar refractivity (Wildman–Crippen MR) is 118 cm³/mol. The number of aromatic nitrogens is 2. The van der Waals surface area contributed by atoms with E-state index in [1.807, 2.05) is 37.3 Å². The van der Waals surface area contributed by atoms with Crippen molar-refractivity contribution in [1.29, 1.82) is 0 Å².